The van der Waals surface area contributed by atoms with Crippen molar-refractivity contribution >= 4 is 27.9 Å². The highest BCUT2D eigenvalue weighted by molar-refractivity contribution is 9.10. The Labute approximate surface area is 176 Å². The number of halogens is 6. The summed E-state index contributed by atoms with van der Waals surface area (Å²) in [5.41, 5.74) is -6.16. The molecule has 30 heavy (non-hydrogen) atoms. The van der Waals surface area contributed by atoms with Crippen LogP contribution in [0.1, 0.15) is 52.4 Å². The second kappa shape index (κ2) is 9.50. The summed E-state index contributed by atoms with van der Waals surface area (Å²) in [7, 11) is 0. The van der Waals surface area contributed by atoms with Gasteiger partial charge in [-0.3, -0.25) is 0 Å². The molecule has 11 heteroatoms. The molecule has 0 aliphatic heterocycles. The van der Waals surface area contributed by atoms with E-state index in [2.05, 4.69) is 20.9 Å². The van der Waals surface area contributed by atoms with Crippen molar-refractivity contribution in [2.24, 2.45) is 0 Å². The van der Waals surface area contributed by atoms with Gasteiger partial charge in [0.05, 0.1) is 24.3 Å². The molecule has 0 saturated carbocycles. The molecule has 0 N–H and O–H groups in total. The Kier molecular flexibility index (Phi) is 7.51. The van der Waals surface area contributed by atoms with Gasteiger partial charge in [0.2, 0.25) is 0 Å². The molecule has 0 bridgehead atoms. The summed E-state index contributed by atoms with van der Waals surface area (Å²) in [5, 5.41) is 0. The maximum atomic E-state index is 13.7. The van der Waals surface area contributed by atoms with Gasteiger partial charge in [-0.05, 0) is 31.5 Å². The lowest BCUT2D eigenvalue weighted by atomic mass is 9.91. The summed E-state index contributed by atoms with van der Waals surface area (Å²) in [6, 6.07) is 5.35. The second-order valence-electron chi connectivity index (χ2n) is 5.72. The Balaban J connectivity index is 3.09. The van der Waals surface area contributed by atoms with E-state index in [1.807, 2.05) is 0 Å². The van der Waals surface area contributed by atoms with Gasteiger partial charge in [-0.25, -0.2) is 23.4 Å². The first kappa shape index (κ1) is 23.7. The fraction of sp³-hybridized carbons (Fsp3) is 0.316. The molecule has 0 unspecified atom stereocenters. The van der Waals surface area contributed by atoms with Gasteiger partial charge < -0.3 is 9.47 Å². The van der Waals surface area contributed by atoms with Crippen molar-refractivity contribution in [2.45, 2.75) is 26.4 Å². The van der Waals surface area contributed by atoms with Crippen LogP contribution in [0.2, 0.25) is 0 Å². The first-order valence-corrected chi connectivity index (χ1v) is 9.35. The minimum absolute atomic E-state index is 0.0980. The number of nitrogens with zero attached hydrogens (tertiary/aromatic N) is 1. The van der Waals surface area contributed by atoms with Crippen molar-refractivity contribution < 1.29 is 41.0 Å². The standard InChI is InChI=1S/C19H15BrF5NO4/c1-3-29-17(27)12-11(9-5-7-10(20)8-6-9)13(18(28)30-4-2)15(19(23,24)25)26-14(12)16(21)22/h5-8,16H,3-4H2,1-2H3. The lowest BCUT2D eigenvalue weighted by Crippen LogP contribution is -2.24. The van der Waals surface area contributed by atoms with Gasteiger partial charge in [0.15, 0.2) is 5.69 Å². The largest absolute Gasteiger partial charge is 0.462 e. The summed E-state index contributed by atoms with van der Waals surface area (Å²) in [4.78, 5) is 27.9. The average Bonchev–Trinajstić information content (AvgIpc) is 2.66. The van der Waals surface area contributed by atoms with E-state index in [-0.39, 0.29) is 18.8 Å². The topological polar surface area (TPSA) is 65.5 Å². The van der Waals surface area contributed by atoms with Crippen LogP contribution in [-0.2, 0) is 15.7 Å². The zero-order chi connectivity index (χ0) is 22.6. The van der Waals surface area contributed by atoms with E-state index in [4.69, 9.17) is 9.47 Å². The molecule has 2 rings (SSSR count). The van der Waals surface area contributed by atoms with Crippen molar-refractivity contribution in [2.75, 3.05) is 13.2 Å². The Hall–Kier alpha value is -2.56. The van der Waals surface area contributed by atoms with Crippen molar-refractivity contribution in [3.8, 4) is 11.1 Å². The quantitative estimate of drug-likeness (QED) is 0.373. The lowest BCUT2D eigenvalue weighted by Gasteiger charge is -2.21. The number of hydrogen-bond acceptors (Lipinski definition) is 5. The number of pyridine rings is 1. The number of ether oxygens (including phenoxy) is 2. The zero-order valence-electron chi connectivity index (χ0n) is 15.6. The molecule has 1 aromatic carbocycles. The summed E-state index contributed by atoms with van der Waals surface area (Å²) in [5.74, 6) is -2.79. The van der Waals surface area contributed by atoms with Crippen molar-refractivity contribution in [1.29, 1.82) is 0 Å². The third kappa shape index (κ3) is 4.94. The highest BCUT2D eigenvalue weighted by Crippen LogP contribution is 2.41. The summed E-state index contributed by atoms with van der Waals surface area (Å²) in [6.07, 6.45) is -8.82. The maximum Gasteiger partial charge on any atom is 0.434 e. The van der Waals surface area contributed by atoms with Gasteiger partial charge in [0.25, 0.3) is 6.43 Å². The van der Waals surface area contributed by atoms with E-state index < -0.39 is 52.6 Å². The first-order valence-electron chi connectivity index (χ1n) is 8.56. The minimum atomic E-state index is -5.27. The fourth-order valence-electron chi connectivity index (χ4n) is 2.68. The summed E-state index contributed by atoms with van der Waals surface area (Å²) < 4.78 is 78.4. The van der Waals surface area contributed by atoms with Crippen LogP contribution in [0.15, 0.2) is 28.7 Å². The van der Waals surface area contributed by atoms with Crippen LogP contribution in [0.25, 0.3) is 11.1 Å². The predicted octanol–water partition coefficient (Wildman–Crippen LogP) is 5.82. The van der Waals surface area contributed by atoms with Crippen molar-refractivity contribution in [1.82, 2.24) is 4.98 Å². The minimum Gasteiger partial charge on any atom is -0.462 e. The van der Waals surface area contributed by atoms with E-state index in [0.717, 1.165) is 0 Å². The van der Waals surface area contributed by atoms with Gasteiger partial charge in [-0.15, -0.1) is 0 Å². The van der Waals surface area contributed by atoms with Crippen LogP contribution < -0.4 is 0 Å². The molecule has 0 amide bonds. The van der Waals surface area contributed by atoms with Gasteiger partial charge in [-0.2, -0.15) is 13.2 Å². The Morgan fingerprint density at radius 2 is 1.50 bits per heavy atom. The third-order valence-corrected chi connectivity index (χ3v) is 4.32. The Bertz CT molecular complexity index is 945. The van der Waals surface area contributed by atoms with E-state index in [1.165, 1.54) is 38.1 Å². The molecule has 1 heterocycles. The molecule has 5 nitrogen and oxygen atoms in total. The van der Waals surface area contributed by atoms with Gasteiger partial charge in [-0.1, -0.05) is 28.1 Å². The van der Waals surface area contributed by atoms with Crippen molar-refractivity contribution in [3.05, 3.63) is 51.3 Å². The van der Waals surface area contributed by atoms with E-state index in [0.29, 0.717) is 4.47 Å². The van der Waals surface area contributed by atoms with E-state index >= 15 is 0 Å². The van der Waals surface area contributed by atoms with Crippen LogP contribution in [0.3, 0.4) is 0 Å². The van der Waals surface area contributed by atoms with Crippen molar-refractivity contribution in [3.63, 3.8) is 0 Å². The number of alkyl halides is 5. The highest BCUT2D eigenvalue weighted by atomic mass is 79.9. The summed E-state index contributed by atoms with van der Waals surface area (Å²) in [6.45, 7) is 2.22. The SMILES string of the molecule is CCOC(=O)c1c(C(F)F)nc(C(F)(F)F)c(C(=O)OCC)c1-c1ccc(Br)cc1. The van der Waals surface area contributed by atoms with Gasteiger partial charge >= 0.3 is 18.1 Å². The third-order valence-electron chi connectivity index (χ3n) is 3.79. The number of carbonyl (C=O) groups excluding carboxylic acids is 2. The predicted molar refractivity (Wildman–Crippen MR) is 99.2 cm³/mol. The van der Waals surface area contributed by atoms with Crippen LogP contribution in [0.5, 0.6) is 0 Å². The molecule has 2 aromatic rings. The highest BCUT2D eigenvalue weighted by Gasteiger charge is 2.43. The van der Waals surface area contributed by atoms with Gasteiger partial charge in [0.1, 0.15) is 5.69 Å². The second-order valence-corrected chi connectivity index (χ2v) is 6.63. The number of aromatic nitrogens is 1. The molecule has 0 saturated heterocycles. The number of hydrogen-bond donors (Lipinski definition) is 0. The molecule has 0 atom stereocenters. The zero-order valence-corrected chi connectivity index (χ0v) is 17.2. The Morgan fingerprint density at radius 1 is 1.00 bits per heavy atom. The molecule has 0 aliphatic carbocycles. The van der Waals surface area contributed by atoms with E-state index in [1.54, 1.807) is 0 Å². The smallest absolute Gasteiger partial charge is 0.434 e. The molecule has 0 aliphatic rings. The van der Waals surface area contributed by atoms with E-state index in [9.17, 15) is 31.5 Å². The molecular weight excluding hydrogens is 481 g/mol. The lowest BCUT2D eigenvalue weighted by molar-refractivity contribution is -0.142. The maximum absolute atomic E-state index is 13.7. The average molecular weight is 496 g/mol. The van der Waals surface area contributed by atoms with Crippen LogP contribution >= 0.6 is 15.9 Å². The molecule has 162 valence electrons. The molecule has 0 radical (unpaired) electrons. The molecule has 1 aromatic heterocycles. The molecular formula is C19H15BrF5NO4. The summed E-state index contributed by atoms with van der Waals surface area (Å²) >= 11 is 3.15. The molecule has 0 spiro atoms. The number of esters is 2. The number of carbonyl (C=O) groups is 2. The normalized spacial score (nSPS) is 11.5. The van der Waals surface area contributed by atoms with Gasteiger partial charge in [0, 0.05) is 10.0 Å². The number of benzene rings is 1. The van der Waals surface area contributed by atoms with Crippen LogP contribution in [-0.4, -0.2) is 30.1 Å². The monoisotopic (exact) mass is 495 g/mol. The Morgan fingerprint density at radius 3 is 1.93 bits per heavy atom. The molecule has 0 fully saturated rings. The fourth-order valence-corrected chi connectivity index (χ4v) is 2.95. The van der Waals surface area contributed by atoms with Crippen LogP contribution in [0, 0.1) is 0 Å². The number of rotatable bonds is 6. The first-order chi connectivity index (χ1) is 14.0. The van der Waals surface area contributed by atoms with Crippen LogP contribution in [0.4, 0.5) is 22.0 Å².